The quantitative estimate of drug-likeness (QED) is 0.666. The van der Waals surface area contributed by atoms with E-state index in [4.69, 9.17) is 0 Å². The van der Waals surface area contributed by atoms with Crippen LogP contribution in [0, 0.1) is 16.0 Å². The first-order valence-corrected chi connectivity index (χ1v) is 8.36. The van der Waals surface area contributed by atoms with Crippen molar-refractivity contribution in [2.45, 2.75) is 25.9 Å². The number of hydrogen-bond acceptors (Lipinski definition) is 4. The van der Waals surface area contributed by atoms with Gasteiger partial charge in [0, 0.05) is 43.7 Å². The normalized spacial score (nSPS) is 15.1. The van der Waals surface area contributed by atoms with Gasteiger partial charge in [-0.3, -0.25) is 14.8 Å². The highest BCUT2D eigenvalue weighted by Gasteiger charge is 2.23. The van der Waals surface area contributed by atoms with Crippen LogP contribution in [0.2, 0.25) is 0 Å². The maximum Gasteiger partial charge on any atom is 0.317 e. The molecular formula is C17H21N5O3. The molecular weight excluding hydrogens is 322 g/mol. The Hall–Kier alpha value is -2.90. The fraction of sp³-hybridized carbons (Fsp3) is 0.412. The summed E-state index contributed by atoms with van der Waals surface area (Å²) < 4.78 is 1.93. The van der Waals surface area contributed by atoms with Crippen molar-refractivity contribution in [2.24, 2.45) is 5.92 Å². The number of aromatic nitrogens is 2. The molecule has 1 N–H and O–H groups in total. The third kappa shape index (κ3) is 4.34. The Morgan fingerprint density at radius 1 is 1.28 bits per heavy atom. The van der Waals surface area contributed by atoms with E-state index >= 15 is 0 Å². The second-order valence-corrected chi connectivity index (χ2v) is 6.20. The zero-order valence-electron chi connectivity index (χ0n) is 13.9. The summed E-state index contributed by atoms with van der Waals surface area (Å²) in [6.07, 6.45) is 5.58. The minimum absolute atomic E-state index is 0.0285. The van der Waals surface area contributed by atoms with E-state index in [1.807, 2.05) is 16.9 Å². The van der Waals surface area contributed by atoms with E-state index in [-0.39, 0.29) is 18.3 Å². The molecule has 2 aromatic rings. The Bertz CT molecular complexity index is 724. The Kier molecular flexibility index (Phi) is 5.27. The third-order valence-electron chi connectivity index (χ3n) is 4.52. The van der Waals surface area contributed by atoms with Gasteiger partial charge in [-0.2, -0.15) is 5.10 Å². The summed E-state index contributed by atoms with van der Waals surface area (Å²) in [6, 6.07) is 8.20. The van der Waals surface area contributed by atoms with Gasteiger partial charge in [0.1, 0.15) is 0 Å². The summed E-state index contributed by atoms with van der Waals surface area (Å²) in [5.41, 5.74) is 0.537. The lowest BCUT2D eigenvalue weighted by Crippen LogP contribution is -2.44. The summed E-state index contributed by atoms with van der Waals surface area (Å²) in [6.45, 7) is 2.41. The molecule has 1 aromatic carbocycles. The second-order valence-electron chi connectivity index (χ2n) is 6.20. The molecule has 0 radical (unpaired) electrons. The van der Waals surface area contributed by atoms with Gasteiger partial charge in [-0.05, 0) is 24.8 Å². The van der Waals surface area contributed by atoms with Crippen molar-refractivity contribution in [3.8, 4) is 0 Å². The molecule has 1 aromatic heterocycles. The summed E-state index contributed by atoms with van der Waals surface area (Å²) >= 11 is 0. The van der Waals surface area contributed by atoms with Crippen molar-refractivity contribution in [1.29, 1.82) is 0 Å². The molecule has 0 bridgehead atoms. The van der Waals surface area contributed by atoms with Gasteiger partial charge < -0.3 is 10.2 Å². The van der Waals surface area contributed by atoms with Crippen LogP contribution in [-0.2, 0) is 13.1 Å². The number of carbonyl (C=O) groups excluding carboxylic acids is 1. The number of piperidine rings is 1. The van der Waals surface area contributed by atoms with E-state index in [2.05, 4.69) is 10.4 Å². The predicted molar refractivity (Wildman–Crippen MR) is 91.9 cm³/mol. The molecule has 0 saturated carbocycles. The Morgan fingerprint density at radius 2 is 2.04 bits per heavy atom. The predicted octanol–water partition coefficient (Wildman–Crippen LogP) is 2.41. The molecule has 1 saturated heterocycles. The number of likely N-dealkylation sites (tertiary alicyclic amines) is 1. The van der Waals surface area contributed by atoms with Crippen molar-refractivity contribution in [3.05, 3.63) is 58.4 Å². The first-order valence-electron chi connectivity index (χ1n) is 8.36. The second kappa shape index (κ2) is 7.78. The van der Waals surface area contributed by atoms with Crippen molar-refractivity contribution in [1.82, 2.24) is 20.0 Å². The van der Waals surface area contributed by atoms with Gasteiger partial charge in [0.25, 0.3) is 5.69 Å². The van der Waals surface area contributed by atoms with E-state index < -0.39 is 4.92 Å². The van der Waals surface area contributed by atoms with Gasteiger partial charge in [-0.1, -0.05) is 18.2 Å². The molecule has 3 rings (SSSR count). The molecule has 8 nitrogen and oxygen atoms in total. The fourth-order valence-corrected chi connectivity index (χ4v) is 3.11. The average Bonchev–Trinajstić information content (AvgIpc) is 3.13. The number of benzene rings is 1. The number of para-hydroxylation sites is 1. The first kappa shape index (κ1) is 16.9. The van der Waals surface area contributed by atoms with Crippen LogP contribution in [0.5, 0.6) is 0 Å². The van der Waals surface area contributed by atoms with Crippen molar-refractivity contribution < 1.29 is 9.72 Å². The van der Waals surface area contributed by atoms with Crippen molar-refractivity contribution in [3.63, 3.8) is 0 Å². The van der Waals surface area contributed by atoms with Crippen LogP contribution in [-0.4, -0.2) is 38.7 Å². The Morgan fingerprint density at radius 3 is 2.72 bits per heavy atom. The van der Waals surface area contributed by atoms with Crippen LogP contribution in [0.1, 0.15) is 18.4 Å². The number of amides is 2. The van der Waals surface area contributed by atoms with E-state index in [9.17, 15) is 14.9 Å². The summed E-state index contributed by atoms with van der Waals surface area (Å²) in [7, 11) is 0. The molecule has 0 atom stereocenters. The molecule has 25 heavy (non-hydrogen) atoms. The van der Waals surface area contributed by atoms with E-state index in [1.54, 1.807) is 29.3 Å². The standard InChI is InChI=1S/C17H21N5O3/c23-17(18-12-15-4-1-2-5-16(15)22(24)25)20-10-6-14(7-11-20)13-21-9-3-8-19-21/h1-5,8-9,14H,6-7,10-13H2,(H,18,23). The lowest BCUT2D eigenvalue weighted by molar-refractivity contribution is -0.385. The number of nitro groups is 1. The lowest BCUT2D eigenvalue weighted by atomic mass is 9.97. The van der Waals surface area contributed by atoms with Gasteiger partial charge in [0.2, 0.25) is 0 Å². The van der Waals surface area contributed by atoms with Crippen LogP contribution < -0.4 is 5.32 Å². The van der Waals surface area contributed by atoms with Gasteiger partial charge in [0.05, 0.1) is 11.5 Å². The van der Waals surface area contributed by atoms with Crippen LogP contribution >= 0.6 is 0 Å². The molecule has 0 aliphatic carbocycles. The zero-order valence-corrected chi connectivity index (χ0v) is 13.9. The fourth-order valence-electron chi connectivity index (χ4n) is 3.11. The molecule has 0 unspecified atom stereocenters. The maximum atomic E-state index is 12.3. The van der Waals surface area contributed by atoms with Crippen LogP contribution in [0.15, 0.2) is 42.7 Å². The largest absolute Gasteiger partial charge is 0.334 e. The molecule has 132 valence electrons. The number of carbonyl (C=O) groups is 1. The van der Waals surface area contributed by atoms with Gasteiger partial charge in [-0.15, -0.1) is 0 Å². The topological polar surface area (TPSA) is 93.3 Å². The molecule has 2 heterocycles. The van der Waals surface area contributed by atoms with Crippen LogP contribution in [0.25, 0.3) is 0 Å². The minimum Gasteiger partial charge on any atom is -0.334 e. The smallest absolute Gasteiger partial charge is 0.317 e. The summed E-state index contributed by atoms with van der Waals surface area (Å²) in [4.78, 5) is 24.7. The number of nitro benzene ring substituents is 1. The van der Waals surface area contributed by atoms with Crippen LogP contribution in [0.3, 0.4) is 0 Å². The van der Waals surface area contributed by atoms with Crippen LogP contribution in [0.4, 0.5) is 10.5 Å². The highest BCUT2D eigenvalue weighted by Crippen LogP contribution is 2.20. The number of urea groups is 1. The lowest BCUT2D eigenvalue weighted by Gasteiger charge is -2.32. The molecule has 1 aliphatic rings. The molecule has 2 amide bonds. The van der Waals surface area contributed by atoms with E-state index in [0.717, 1.165) is 19.4 Å². The van der Waals surface area contributed by atoms with Gasteiger partial charge in [0.15, 0.2) is 0 Å². The molecule has 1 fully saturated rings. The average molecular weight is 343 g/mol. The monoisotopic (exact) mass is 343 g/mol. The third-order valence-corrected chi connectivity index (χ3v) is 4.52. The Labute approximate surface area is 145 Å². The highest BCUT2D eigenvalue weighted by molar-refractivity contribution is 5.74. The summed E-state index contributed by atoms with van der Waals surface area (Å²) in [5, 5.41) is 18.0. The van der Waals surface area contributed by atoms with Crippen molar-refractivity contribution >= 4 is 11.7 Å². The number of rotatable bonds is 5. The Balaban J connectivity index is 1.48. The van der Waals surface area contributed by atoms with Gasteiger partial charge >= 0.3 is 6.03 Å². The number of nitrogens with zero attached hydrogens (tertiary/aromatic N) is 4. The SMILES string of the molecule is O=C(NCc1ccccc1[N+](=O)[O-])N1CCC(Cn2cccn2)CC1. The zero-order chi connectivity index (χ0) is 17.6. The molecule has 1 aliphatic heterocycles. The summed E-state index contributed by atoms with van der Waals surface area (Å²) in [5.74, 6) is 0.513. The van der Waals surface area contributed by atoms with Crippen molar-refractivity contribution in [2.75, 3.05) is 13.1 Å². The van der Waals surface area contributed by atoms with E-state index in [1.165, 1.54) is 6.07 Å². The number of nitrogens with one attached hydrogen (secondary N) is 1. The first-order chi connectivity index (χ1) is 12.1. The van der Waals surface area contributed by atoms with E-state index in [0.29, 0.717) is 24.6 Å². The minimum atomic E-state index is -0.428. The molecule has 8 heteroatoms. The number of hydrogen-bond donors (Lipinski definition) is 1. The molecule has 0 spiro atoms. The highest BCUT2D eigenvalue weighted by atomic mass is 16.6. The van der Waals surface area contributed by atoms with Gasteiger partial charge in [-0.25, -0.2) is 4.79 Å². The maximum absolute atomic E-state index is 12.3.